The summed E-state index contributed by atoms with van der Waals surface area (Å²) in [5.74, 6) is 0.856. The van der Waals surface area contributed by atoms with Gasteiger partial charge in [-0.1, -0.05) is 30.3 Å². The van der Waals surface area contributed by atoms with Crippen LogP contribution < -0.4 is 15.0 Å². The average molecular weight is 353 g/mol. The molecule has 3 rings (SSSR count). The van der Waals surface area contributed by atoms with E-state index in [4.69, 9.17) is 4.74 Å². The van der Waals surface area contributed by atoms with Gasteiger partial charge >= 0.3 is 6.03 Å². The van der Waals surface area contributed by atoms with E-state index < -0.39 is 5.54 Å². The lowest BCUT2D eigenvalue weighted by molar-refractivity contribution is 0.183. The van der Waals surface area contributed by atoms with Gasteiger partial charge in [-0.05, 0) is 43.7 Å². The molecule has 0 aromatic heterocycles. The van der Waals surface area contributed by atoms with Crippen molar-refractivity contribution in [1.82, 2.24) is 10.2 Å². The molecule has 1 N–H and O–H groups in total. The summed E-state index contributed by atoms with van der Waals surface area (Å²) in [6.07, 6.45) is 0. The number of amides is 2. The van der Waals surface area contributed by atoms with Gasteiger partial charge in [0.2, 0.25) is 0 Å². The first-order valence-corrected chi connectivity index (χ1v) is 9.01. The van der Waals surface area contributed by atoms with Crippen LogP contribution in [-0.4, -0.2) is 44.2 Å². The quantitative estimate of drug-likeness (QED) is 0.915. The molecule has 0 spiro atoms. The first-order chi connectivity index (χ1) is 12.5. The van der Waals surface area contributed by atoms with Crippen LogP contribution in [0.4, 0.5) is 10.5 Å². The Kier molecular flexibility index (Phi) is 5.35. The Balaban J connectivity index is 1.56. The maximum atomic E-state index is 12.7. The normalized spacial score (nSPS) is 14.9. The Morgan fingerprint density at radius 2 is 1.58 bits per heavy atom. The molecule has 1 aliphatic rings. The summed E-state index contributed by atoms with van der Waals surface area (Å²) in [5.41, 5.74) is 1.87. The molecular formula is C21H27N3O2. The van der Waals surface area contributed by atoms with Crippen LogP contribution in [0.25, 0.3) is 0 Å². The van der Waals surface area contributed by atoms with Gasteiger partial charge in [0.05, 0.1) is 12.6 Å². The molecule has 0 aliphatic carbocycles. The number of hydrogen-bond donors (Lipinski definition) is 1. The molecule has 1 saturated heterocycles. The van der Waals surface area contributed by atoms with E-state index in [1.165, 1.54) is 0 Å². The third kappa shape index (κ3) is 4.10. The average Bonchev–Trinajstić information content (AvgIpc) is 2.68. The standard InChI is InChI=1S/C21H27N3O2/c1-21(2,17-7-5-4-6-8-17)22-20(25)24-15-13-23(14-16-24)18-9-11-19(26-3)12-10-18/h4-12H,13-16H2,1-3H3,(H,22,25). The molecule has 0 radical (unpaired) electrons. The van der Waals surface area contributed by atoms with Crippen molar-refractivity contribution in [2.75, 3.05) is 38.2 Å². The topological polar surface area (TPSA) is 44.8 Å². The van der Waals surface area contributed by atoms with Crippen LogP contribution in [0.15, 0.2) is 54.6 Å². The van der Waals surface area contributed by atoms with Gasteiger partial charge in [0, 0.05) is 31.9 Å². The van der Waals surface area contributed by atoms with Gasteiger partial charge in [-0.3, -0.25) is 0 Å². The van der Waals surface area contributed by atoms with Crippen LogP contribution in [0.3, 0.4) is 0 Å². The van der Waals surface area contributed by atoms with E-state index in [1.807, 2.05) is 61.2 Å². The number of carbonyl (C=O) groups is 1. The molecule has 1 aliphatic heterocycles. The van der Waals surface area contributed by atoms with Crippen LogP contribution in [0, 0.1) is 0 Å². The van der Waals surface area contributed by atoms with E-state index in [9.17, 15) is 4.79 Å². The zero-order chi connectivity index (χ0) is 18.6. The molecule has 0 bridgehead atoms. The summed E-state index contributed by atoms with van der Waals surface area (Å²) in [5, 5.41) is 3.16. The predicted molar refractivity (Wildman–Crippen MR) is 105 cm³/mol. The summed E-state index contributed by atoms with van der Waals surface area (Å²) < 4.78 is 5.21. The number of rotatable bonds is 4. The lowest BCUT2D eigenvalue weighted by Gasteiger charge is -2.38. The van der Waals surface area contributed by atoms with Gasteiger partial charge in [-0.25, -0.2) is 4.79 Å². The molecule has 2 aromatic rings. The van der Waals surface area contributed by atoms with Crippen molar-refractivity contribution < 1.29 is 9.53 Å². The van der Waals surface area contributed by atoms with Gasteiger partial charge in [-0.15, -0.1) is 0 Å². The number of anilines is 1. The Hall–Kier alpha value is -2.69. The number of carbonyl (C=O) groups excluding carboxylic acids is 1. The number of nitrogens with zero attached hydrogens (tertiary/aromatic N) is 2. The van der Waals surface area contributed by atoms with Crippen molar-refractivity contribution in [2.45, 2.75) is 19.4 Å². The van der Waals surface area contributed by atoms with Crippen LogP contribution in [0.5, 0.6) is 5.75 Å². The monoisotopic (exact) mass is 353 g/mol. The minimum atomic E-state index is -0.397. The number of benzene rings is 2. The Morgan fingerprint density at radius 1 is 0.962 bits per heavy atom. The molecule has 2 amide bonds. The second kappa shape index (κ2) is 7.68. The zero-order valence-electron chi connectivity index (χ0n) is 15.7. The molecule has 5 nitrogen and oxygen atoms in total. The molecule has 0 saturated carbocycles. The molecule has 0 atom stereocenters. The minimum absolute atomic E-state index is 0.00626. The van der Waals surface area contributed by atoms with Gasteiger partial charge in [0.25, 0.3) is 0 Å². The van der Waals surface area contributed by atoms with Crippen LogP contribution in [0.1, 0.15) is 19.4 Å². The Bertz CT molecular complexity index is 721. The zero-order valence-corrected chi connectivity index (χ0v) is 15.7. The fourth-order valence-electron chi connectivity index (χ4n) is 3.23. The number of urea groups is 1. The van der Waals surface area contributed by atoms with Crippen molar-refractivity contribution in [3.05, 3.63) is 60.2 Å². The largest absolute Gasteiger partial charge is 0.497 e. The van der Waals surface area contributed by atoms with Crippen LogP contribution in [0.2, 0.25) is 0 Å². The van der Waals surface area contributed by atoms with Crippen molar-refractivity contribution in [3.63, 3.8) is 0 Å². The Morgan fingerprint density at radius 3 is 2.15 bits per heavy atom. The molecule has 1 fully saturated rings. The summed E-state index contributed by atoms with van der Waals surface area (Å²) in [6.45, 7) is 7.14. The third-order valence-electron chi connectivity index (χ3n) is 4.92. The fourth-order valence-corrected chi connectivity index (χ4v) is 3.23. The highest BCUT2D eigenvalue weighted by molar-refractivity contribution is 5.75. The van der Waals surface area contributed by atoms with Gasteiger partial charge in [0.1, 0.15) is 5.75 Å². The lowest BCUT2D eigenvalue weighted by atomic mass is 9.94. The van der Waals surface area contributed by atoms with Crippen molar-refractivity contribution in [1.29, 1.82) is 0 Å². The van der Waals surface area contributed by atoms with Crippen molar-refractivity contribution in [2.24, 2.45) is 0 Å². The highest BCUT2D eigenvalue weighted by atomic mass is 16.5. The SMILES string of the molecule is COc1ccc(N2CCN(C(=O)NC(C)(C)c3ccccc3)CC2)cc1. The third-order valence-corrected chi connectivity index (χ3v) is 4.92. The van der Waals surface area contributed by atoms with Crippen molar-refractivity contribution in [3.8, 4) is 5.75 Å². The van der Waals surface area contributed by atoms with E-state index in [1.54, 1.807) is 7.11 Å². The molecule has 5 heteroatoms. The highest BCUT2D eigenvalue weighted by Crippen LogP contribution is 2.22. The van der Waals surface area contributed by atoms with E-state index in [2.05, 4.69) is 22.3 Å². The molecule has 26 heavy (non-hydrogen) atoms. The summed E-state index contributed by atoms with van der Waals surface area (Å²) in [7, 11) is 1.67. The first-order valence-electron chi connectivity index (χ1n) is 9.01. The fraction of sp³-hybridized carbons (Fsp3) is 0.381. The first kappa shape index (κ1) is 18.1. The number of piperazine rings is 1. The Labute approximate surface area is 155 Å². The molecule has 0 unspecified atom stereocenters. The smallest absolute Gasteiger partial charge is 0.318 e. The predicted octanol–water partition coefficient (Wildman–Crippen LogP) is 3.46. The second-order valence-electron chi connectivity index (χ2n) is 7.09. The molecular weight excluding hydrogens is 326 g/mol. The maximum absolute atomic E-state index is 12.7. The number of ether oxygens (including phenoxy) is 1. The van der Waals surface area contributed by atoms with Crippen LogP contribution in [-0.2, 0) is 5.54 Å². The van der Waals surface area contributed by atoms with Gasteiger partial charge in [-0.2, -0.15) is 0 Å². The highest BCUT2D eigenvalue weighted by Gasteiger charge is 2.27. The van der Waals surface area contributed by atoms with Crippen molar-refractivity contribution >= 4 is 11.7 Å². The number of hydrogen-bond acceptors (Lipinski definition) is 3. The van der Waals surface area contributed by atoms with Gasteiger partial charge in [0.15, 0.2) is 0 Å². The summed E-state index contributed by atoms with van der Waals surface area (Å²) >= 11 is 0. The molecule has 138 valence electrons. The molecule has 1 heterocycles. The maximum Gasteiger partial charge on any atom is 0.318 e. The summed E-state index contributed by atoms with van der Waals surface area (Å²) in [6, 6.07) is 18.1. The second-order valence-corrected chi connectivity index (χ2v) is 7.09. The van der Waals surface area contributed by atoms with Gasteiger partial charge < -0.3 is 19.9 Å². The van der Waals surface area contributed by atoms with E-state index in [0.29, 0.717) is 13.1 Å². The summed E-state index contributed by atoms with van der Waals surface area (Å²) in [4.78, 5) is 16.9. The van der Waals surface area contributed by atoms with E-state index >= 15 is 0 Å². The van der Waals surface area contributed by atoms with Crippen LogP contribution >= 0.6 is 0 Å². The van der Waals surface area contributed by atoms with E-state index in [0.717, 1.165) is 30.1 Å². The minimum Gasteiger partial charge on any atom is -0.497 e. The molecule has 2 aromatic carbocycles. The number of nitrogens with one attached hydrogen (secondary N) is 1. The number of methoxy groups -OCH3 is 1. The lowest BCUT2D eigenvalue weighted by Crippen LogP contribution is -2.55. The van der Waals surface area contributed by atoms with E-state index in [-0.39, 0.29) is 6.03 Å².